The van der Waals surface area contributed by atoms with Crippen molar-refractivity contribution in [2.24, 2.45) is 0 Å². The third-order valence-electron chi connectivity index (χ3n) is 8.08. The van der Waals surface area contributed by atoms with Gasteiger partial charge in [0, 0.05) is 65.6 Å². The smallest absolute Gasteiger partial charge is 0.410 e. The maximum absolute atomic E-state index is 15.4. The van der Waals surface area contributed by atoms with Gasteiger partial charge in [-0.15, -0.1) is 0 Å². The summed E-state index contributed by atoms with van der Waals surface area (Å²) in [6.45, 7) is 6.14. The largest absolute Gasteiger partial charge is 0.481 e. The van der Waals surface area contributed by atoms with E-state index in [1.165, 1.54) is 24.1 Å². The molecular formula is C37H40Cl3FN6O5. The summed E-state index contributed by atoms with van der Waals surface area (Å²) in [4.78, 5) is 35.9. The van der Waals surface area contributed by atoms with Gasteiger partial charge in [0.15, 0.2) is 5.82 Å². The van der Waals surface area contributed by atoms with Crippen LogP contribution in [0.3, 0.4) is 0 Å². The van der Waals surface area contributed by atoms with E-state index in [-0.39, 0.29) is 59.8 Å². The number of hydrogen-bond acceptors (Lipinski definition) is 9. The van der Waals surface area contributed by atoms with Crippen LogP contribution in [-0.4, -0.2) is 70.4 Å². The van der Waals surface area contributed by atoms with E-state index in [9.17, 15) is 9.59 Å². The summed E-state index contributed by atoms with van der Waals surface area (Å²) in [5.41, 5.74) is 2.62. The second-order valence-corrected chi connectivity index (χ2v) is 14.4. The molecule has 0 bridgehead atoms. The molecule has 276 valence electrons. The van der Waals surface area contributed by atoms with Crippen molar-refractivity contribution in [1.82, 2.24) is 25.5 Å². The zero-order chi connectivity index (χ0) is 37.6. The monoisotopic (exact) mass is 772 g/mol. The number of pyridine rings is 2. The molecule has 1 aliphatic rings. The Kier molecular flexibility index (Phi) is 12.8. The molecule has 0 radical (unpaired) electrons. The summed E-state index contributed by atoms with van der Waals surface area (Å²) in [6, 6.07) is 13.2. The molecule has 5 rings (SSSR count). The molecular weight excluding hydrogens is 734 g/mol. The fourth-order valence-electron chi connectivity index (χ4n) is 5.69. The number of nitrogens with zero attached hydrogens (tertiary/aromatic N) is 3. The Morgan fingerprint density at radius 2 is 1.87 bits per heavy atom. The molecule has 2 amide bonds. The first-order valence-electron chi connectivity index (χ1n) is 16.6. The van der Waals surface area contributed by atoms with Gasteiger partial charge < -0.3 is 35.4 Å². The molecule has 0 unspecified atom stereocenters. The zero-order valence-corrected chi connectivity index (χ0v) is 31.4. The van der Waals surface area contributed by atoms with Crippen molar-refractivity contribution in [3.8, 4) is 28.4 Å². The normalized spacial score (nSPS) is 14.2. The zero-order valence-electron chi connectivity index (χ0n) is 29.2. The molecule has 0 saturated carbocycles. The van der Waals surface area contributed by atoms with Crippen LogP contribution >= 0.6 is 34.8 Å². The predicted octanol–water partition coefficient (Wildman–Crippen LogP) is 7.76. The molecule has 2 aromatic carbocycles. The van der Waals surface area contributed by atoms with Crippen LogP contribution in [0, 0.1) is 5.82 Å². The summed E-state index contributed by atoms with van der Waals surface area (Å²) in [5, 5.41) is 18.8. The summed E-state index contributed by atoms with van der Waals surface area (Å²) in [7, 11) is 1.49. The lowest BCUT2D eigenvalue weighted by Crippen LogP contribution is -2.43. The fourth-order valence-corrected chi connectivity index (χ4v) is 6.50. The number of nitrogens with one attached hydrogen (secondary N) is 3. The van der Waals surface area contributed by atoms with Gasteiger partial charge in [0.1, 0.15) is 5.60 Å². The highest BCUT2D eigenvalue weighted by atomic mass is 35.5. The van der Waals surface area contributed by atoms with Crippen LogP contribution in [-0.2, 0) is 22.6 Å². The van der Waals surface area contributed by atoms with Crippen LogP contribution in [0.25, 0.3) is 22.5 Å². The lowest BCUT2D eigenvalue weighted by Gasteiger charge is -2.29. The van der Waals surface area contributed by atoms with E-state index in [4.69, 9.17) is 54.4 Å². The number of aliphatic hydroxyl groups excluding tert-OH is 1. The van der Waals surface area contributed by atoms with E-state index in [0.29, 0.717) is 63.7 Å². The first-order valence-corrected chi connectivity index (χ1v) is 17.7. The highest BCUT2D eigenvalue weighted by molar-refractivity contribution is 6.39. The Hall–Kier alpha value is -4.20. The summed E-state index contributed by atoms with van der Waals surface area (Å²) in [5.74, 6) is -0.296. The number of halogens is 4. The minimum absolute atomic E-state index is 0.0526. The van der Waals surface area contributed by atoms with Gasteiger partial charge in [0.05, 0.1) is 53.1 Å². The van der Waals surface area contributed by atoms with Gasteiger partial charge >= 0.3 is 6.09 Å². The number of amides is 2. The molecule has 11 nitrogen and oxygen atoms in total. The van der Waals surface area contributed by atoms with Crippen LogP contribution < -0.4 is 20.7 Å². The number of rotatable bonds is 13. The molecule has 1 fully saturated rings. The van der Waals surface area contributed by atoms with Crippen LogP contribution in [0.2, 0.25) is 15.1 Å². The van der Waals surface area contributed by atoms with Crippen molar-refractivity contribution in [3.63, 3.8) is 0 Å². The van der Waals surface area contributed by atoms with Gasteiger partial charge in [0.25, 0.3) is 0 Å². The maximum atomic E-state index is 15.4. The molecule has 15 heteroatoms. The minimum Gasteiger partial charge on any atom is -0.481 e. The molecule has 4 aromatic rings. The molecule has 1 saturated heterocycles. The van der Waals surface area contributed by atoms with Crippen LogP contribution in [0.15, 0.2) is 54.7 Å². The number of anilines is 2. The van der Waals surface area contributed by atoms with Crippen molar-refractivity contribution in [2.45, 2.75) is 58.3 Å². The summed E-state index contributed by atoms with van der Waals surface area (Å²) < 4.78 is 26.8. The number of ether oxygens (including phenoxy) is 2. The first kappa shape index (κ1) is 39.0. The third kappa shape index (κ3) is 9.61. The Balaban J connectivity index is 1.42. The Morgan fingerprint density at radius 1 is 1.08 bits per heavy atom. The average Bonchev–Trinajstić information content (AvgIpc) is 3.51. The second kappa shape index (κ2) is 17.1. The van der Waals surface area contributed by atoms with Gasteiger partial charge in [-0.2, -0.15) is 0 Å². The van der Waals surface area contributed by atoms with E-state index in [1.54, 1.807) is 63.4 Å². The Morgan fingerprint density at radius 3 is 2.56 bits per heavy atom. The highest BCUT2D eigenvalue weighted by Gasteiger charge is 2.29. The quantitative estimate of drug-likeness (QED) is 0.101. The maximum Gasteiger partial charge on any atom is 0.410 e. The number of hydrogen-bond donors (Lipinski definition) is 4. The van der Waals surface area contributed by atoms with E-state index in [0.717, 1.165) is 0 Å². The van der Waals surface area contributed by atoms with Crippen LogP contribution in [0.5, 0.6) is 5.88 Å². The van der Waals surface area contributed by atoms with E-state index in [2.05, 4.69) is 20.9 Å². The van der Waals surface area contributed by atoms with Crippen molar-refractivity contribution < 1.29 is 28.6 Å². The molecule has 0 aliphatic carbocycles. The number of aliphatic hydroxyl groups is 1. The molecule has 4 N–H and O–H groups in total. The summed E-state index contributed by atoms with van der Waals surface area (Å²) in [6.07, 6.45) is 2.07. The summed E-state index contributed by atoms with van der Waals surface area (Å²) >= 11 is 20.2. The van der Waals surface area contributed by atoms with Crippen molar-refractivity contribution in [1.29, 1.82) is 0 Å². The molecule has 1 atom stereocenters. The lowest BCUT2D eigenvalue weighted by molar-refractivity contribution is -0.119. The topological polar surface area (TPSA) is 138 Å². The van der Waals surface area contributed by atoms with Crippen LogP contribution in [0.4, 0.5) is 20.6 Å². The third-order valence-corrected chi connectivity index (χ3v) is 9.08. The highest BCUT2D eigenvalue weighted by Crippen LogP contribution is 2.41. The van der Waals surface area contributed by atoms with Gasteiger partial charge in [-0.1, -0.05) is 46.9 Å². The molecule has 0 spiro atoms. The van der Waals surface area contributed by atoms with Crippen molar-refractivity contribution in [3.05, 3.63) is 86.7 Å². The molecule has 52 heavy (non-hydrogen) atoms. The van der Waals surface area contributed by atoms with Gasteiger partial charge in [-0.25, -0.2) is 14.2 Å². The molecule has 3 heterocycles. The van der Waals surface area contributed by atoms with Crippen molar-refractivity contribution in [2.75, 3.05) is 32.1 Å². The van der Waals surface area contributed by atoms with E-state index >= 15 is 4.39 Å². The molecule has 1 aliphatic heterocycles. The number of carbonyl (C=O) groups is 2. The number of aromatic nitrogens is 2. The van der Waals surface area contributed by atoms with E-state index < -0.39 is 17.5 Å². The number of benzene rings is 2. The second-order valence-electron chi connectivity index (χ2n) is 13.2. The average molecular weight is 774 g/mol. The van der Waals surface area contributed by atoms with Gasteiger partial charge in [-0.3, -0.25) is 9.78 Å². The lowest BCUT2D eigenvalue weighted by atomic mass is 10.0. The standard InChI is InChI=1S/C37H40Cl3FN6O5/c1-37(2,3)52-36(50)47(20-24-9-11-30(49)44-24)19-21-8-10-27(46-35(21)51-4)25-12-13-43-34(32(25)40)26-6-5-7-28(31(26)39)45-29-17-23(38)16-22(33(29)41)18-42-14-15-48/h5-8,10,12-13,16-17,24,42,45,48H,9,11,14-15,18-20H2,1-4H3,(H,44,49)/t24-/m0/s1. The Bertz CT molecular complexity index is 1940. The van der Waals surface area contributed by atoms with Gasteiger partial charge in [-0.05, 0) is 63.6 Å². The fraction of sp³-hybridized carbons (Fsp3) is 0.351. The number of carbonyl (C=O) groups excluding carboxylic acids is 2. The Labute approximate surface area is 316 Å². The van der Waals surface area contributed by atoms with Gasteiger partial charge in [0.2, 0.25) is 11.8 Å². The number of methoxy groups -OCH3 is 1. The predicted molar refractivity (Wildman–Crippen MR) is 201 cm³/mol. The first-order chi connectivity index (χ1) is 24.8. The SMILES string of the molecule is COc1nc(-c2ccnc(-c3cccc(Nc4cc(Cl)cc(CNCCO)c4F)c3Cl)c2Cl)ccc1CN(C[C@@H]1CCC(=O)N1)C(=O)OC(C)(C)C. The van der Waals surface area contributed by atoms with Crippen molar-refractivity contribution >= 4 is 58.2 Å². The molecule has 2 aromatic heterocycles. The van der Waals surface area contributed by atoms with Crippen LogP contribution in [0.1, 0.15) is 44.7 Å². The van der Waals surface area contributed by atoms with E-state index in [1.807, 2.05) is 0 Å². The minimum atomic E-state index is -0.720.